The third-order valence-corrected chi connectivity index (χ3v) is 6.37. The van der Waals surface area contributed by atoms with Gasteiger partial charge in [0.15, 0.2) is 0 Å². The van der Waals surface area contributed by atoms with Crippen LogP contribution in [0.5, 0.6) is 0 Å². The maximum Gasteiger partial charge on any atom is 0.295 e. The first-order valence-electron chi connectivity index (χ1n) is 10.6. The summed E-state index contributed by atoms with van der Waals surface area (Å²) in [5.41, 5.74) is 2.81. The lowest BCUT2D eigenvalue weighted by atomic mass is 9.97. The van der Waals surface area contributed by atoms with Gasteiger partial charge in [-0.3, -0.25) is 19.1 Å². The number of allylic oxidation sites excluding steroid dienone is 1. The summed E-state index contributed by atoms with van der Waals surface area (Å²) in [5.74, 6) is -0.0423. The maximum atomic E-state index is 12.8. The number of benzene rings is 1. The zero-order chi connectivity index (χ0) is 22.2. The van der Waals surface area contributed by atoms with Crippen molar-refractivity contribution in [3.05, 3.63) is 58.0 Å². The Kier molecular flexibility index (Phi) is 8.17. The molecule has 2 N–H and O–H groups in total. The average Bonchev–Trinajstić information content (AvgIpc) is 2.98. The Morgan fingerprint density at radius 1 is 1.10 bits per heavy atom. The van der Waals surface area contributed by atoms with E-state index in [0.717, 1.165) is 24.9 Å². The summed E-state index contributed by atoms with van der Waals surface area (Å²) in [6.07, 6.45) is 7.96. The van der Waals surface area contributed by atoms with E-state index >= 15 is 0 Å². The van der Waals surface area contributed by atoms with E-state index in [1.165, 1.54) is 34.9 Å². The van der Waals surface area contributed by atoms with Crippen molar-refractivity contribution in [3.8, 4) is 5.69 Å². The minimum Gasteiger partial charge on any atom is -0.355 e. The molecule has 0 aliphatic heterocycles. The number of carbonyl (C=O) groups excluding carboxylic acids is 2. The van der Waals surface area contributed by atoms with Crippen LogP contribution in [0.4, 0.5) is 5.69 Å². The second-order valence-corrected chi connectivity index (χ2v) is 8.67. The average molecular weight is 443 g/mol. The van der Waals surface area contributed by atoms with Crippen LogP contribution in [-0.4, -0.2) is 39.2 Å². The molecule has 0 saturated heterocycles. The van der Waals surface area contributed by atoms with Gasteiger partial charge in [-0.15, -0.1) is 11.8 Å². The fourth-order valence-corrected chi connectivity index (χ4v) is 4.32. The molecule has 1 aliphatic rings. The molecule has 7 nitrogen and oxygen atoms in total. The van der Waals surface area contributed by atoms with Gasteiger partial charge in [-0.25, -0.2) is 4.68 Å². The highest BCUT2D eigenvalue weighted by Gasteiger charge is 2.18. The molecule has 2 amide bonds. The fraction of sp³-hybridized carbons (Fsp3) is 0.435. The van der Waals surface area contributed by atoms with E-state index in [4.69, 9.17) is 0 Å². The molecular formula is C23H30N4O3S. The zero-order valence-corrected chi connectivity index (χ0v) is 19.0. The maximum absolute atomic E-state index is 12.8. The number of thioether (sulfide) groups is 1. The van der Waals surface area contributed by atoms with Gasteiger partial charge in [0.2, 0.25) is 11.8 Å². The van der Waals surface area contributed by atoms with Crippen LogP contribution in [-0.2, 0) is 16.6 Å². The van der Waals surface area contributed by atoms with E-state index in [1.54, 1.807) is 18.7 Å². The molecule has 0 atom stereocenters. The first kappa shape index (κ1) is 22.9. The summed E-state index contributed by atoms with van der Waals surface area (Å²) < 4.78 is 3.24. The van der Waals surface area contributed by atoms with E-state index in [-0.39, 0.29) is 34.6 Å². The van der Waals surface area contributed by atoms with Crippen molar-refractivity contribution < 1.29 is 9.59 Å². The predicted molar refractivity (Wildman–Crippen MR) is 126 cm³/mol. The molecule has 0 spiro atoms. The van der Waals surface area contributed by atoms with Gasteiger partial charge in [0.25, 0.3) is 5.56 Å². The van der Waals surface area contributed by atoms with Gasteiger partial charge < -0.3 is 10.6 Å². The fourth-order valence-electron chi connectivity index (χ4n) is 3.67. The number of nitrogens with one attached hydrogen (secondary N) is 2. The highest BCUT2D eigenvalue weighted by molar-refractivity contribution is 8.00. The molecule has 1 aliphatic carbocycles. The Hall–Kier alpha value is -2.74. The van der Waals surface area contributed by atoms with Crippen molar-refractivity contribution >= 4 is 29.3 Å². The van der Waals surface area contributed by atoms with E-state index in [0.29, 0.717) is 12.2 Å². The summed E-state index contributed by atoms with van der Waals surface area (Å²) >= 11 is 1.24. The topological polar surface area (TPSA) is 85.1 Å². The predicted octanol–water partition coefficient (Wildman–Crippen LogP) is 3.16. The van der Waals surface area contributed by atoms with Crippen molar-refractivity contribution in [1.82, 2.24) is 14.7 Å². The highest BCUT2D eigenvalue weighted by Crippen LogP contribution is 2.19. The van der Waals surface area contributed by atoms with E-state index in [1.807, 2.05) is 30.3 Å². The first-order chi connectivity index (χ1) is 15.0. The summed E-state index contributed by atoms with van der Waals surface area (Å²) in [6.45, 7) is 2.43. The second-order valence-electron chi connectivity index (χ2n) is 7.69. The molecule has 8 heteroatoms. The lowest BCUT2D eigenvalue weighted by Gasteiger charge is -2.12. The minimum absolute atomic E-state index is 0.0727. The zero-order valence-electron chi connectivity index (χ0n) is 18.1. The highest BCUT2D eigenvalue weighted by atomic mass is 32.2. The SMILES string of the molecule is Cc1c(NC(=O)CSCC(=O)NCCC2=CCCCC2)c(=O)n(-c2ccccc2)n1C. The van der Waals surface area contributed by atoms with Crippen LogP contribution in [0.2, 0.25) is 0 Å². The number of rotatable bonds is 9. The molecule has 0 unspecified atom stereocenters. The van der Waals surface area contributed by atoms with E-state index < -0.39 is 0 Å². The molecule has 0 saturated carbocycles. The molecule has 1 aromatic heterocycles. The van der Waals surface area contributed by atoms with Crippen LogP contribution >= 0.6 is 11.8 Å². The van der Waals surface area contributed by atoms with Crippen LogP contribution in [0.15, 0.2) is 46.8 Å². The lowest BCUT2D eigenvalue weighted by Crippen LogP contribution is -2.27. The van der Waals surface area contributed by atoms with Crippen LogP contribution < -0.4 is 16.2 Å². The molecule has 3 rings (SSSR count). The lowest BCUT2D eigenvalue weighted by molar-refractivity contribution is -0.118. The number of hydrogen-bond donors (Lipinski definition) is 2. The van der Waals surface area contributed by atoms with Crippen molar-refractivity contribution in [3.63, 3.8) is 0 Å². The molecule has 31 heavy (non-hydrogen) atoms. The molecule has 1 aromatic carbocycles. The standard InChI is InChI=1S/C23H30N4O3S/c1-17-22(23(30)27(26(17)2)19-11-7-4-8-12-19)25-21(29)16-31-15-20(28)24-14-13-18-9-5-3-6-10-18/h4,7-9,11-12H,3,5-6,10,13-16H2,1-2H3,(H,24,28)(H,25,29). The number of nitrogens with zero attached hydrogens (tertiary/aromatic N) is 2. The van der Waals surface area contributed by atoms with Crippen LogP contribution in [0.25, 0.3) is 5.69 Å². The van der Waals surface area contributed by atoms with Crippen LogP contribution in [0, 0.1) is 6.92 Å². The molecular weight excluding hydrogens is 412 g/mol. The summed E-state index contributed by atoms with van der Waals surface area (Å²) in [4.78, 5) is 37.2. The number of para-hydroxylation sites is 1. The van der Waals surface area contributed by atoms with Crippen molar-refractivity contribution in [2.75, 3.05) is 23.4 Å². The number of amides is 2. The third kappa shape index (κ3) is 6.13. The Morgan fingerprint density at radius 2 is 1.84 bits per heavy atom. The minimum atomic E-state index is -0.295. The van der Waals surface area contributed by atoms with Gasteiger partial charge in [0.1, 0.15) is 5.69 Å². The monoisotopic (exact) mass is 442 g/mol. The number of aromatic nitrogens is 2. The normalized spacial score (nSPS) is 13.5. The largest absolute Gasteiger partial charge is 0.355 e. The molecule has 166 valence electrons. The van der Waals surface area contributed by atoms with Crippen molar-refractivity contribution in [2.45, 2.75) is 39.0 Å². The first-order valence-corrected chi connectivity index (χ1v) is 11.8. The Bertz CT molecular complexity index is 1010. The van der Waals surface area contributed by atoms with E-state index in [9.17, 15) is 14.4 Å². The molecule has 0 bridgehead atoms. The van der Waals surface area contributed by atoms with Gasteiger partial charge in [-0.2, -0.15) is 0 Å². The summed E-state index contributed by atoms with van der Waals surface area (Å²) in [7, 11) is 1.78. The number of anilines is 1. The molecule has 1 heterocycles. The number of carbonyl (C=O) groups is 2. The Morgan fingerprint density at radius 3 is 2.55 bits per heavy atom. The quantitative estimate of drug-likeness (QED) is 0.584. The van der Waals surface area contributed by atoms with Gasteiger partial charge in [-0.1, -0.05) is 29.8 Å². The molecule has 0 fully saturated rings. The smallest absolute Gasteiger partial charge is 0.295 e. The van der Waals surface area contributed by atoms with E-state index in [2.05, 4.69) is 16.7 Å². The van der Waals surface area contributed by atoms with Gasteiger partial charge in [0, 0.05) is 13.6 Å². The van der Waals surface area contributed by atoms with Crippen molar-refractivity contribution in [2.24, 2.45) is 7.05 Å². The van der Waals surface area contributed by atoms with Crippen LogP contribution in [0.3, 0.4) is 0 Å². The summed E-state index contributed by atoms with van der Waals surface area (Å²) in [5, 5.41) is 5.63. The second kappa shape index (κ2) is 11.0. The third-order valence-electron chi connectivity index (χ3n) is 5.44. The Labute approximate surface area is 186 Å². The van der Waals surface area contributed by atoms with Crippen molar-refractivity contribution in [1.29, 1.82) is 0 Å². The van der Waals surface area contributed by atoms with Crippen LogP contribution in [0.1, 0.15) is 37.8 Å². The number of hydrogen-bond acceptors (Lipinski definition) is 4. The van der Waals surface area contributed by atoms with Gasteiger partial charge >= 0.3 is 0 Å². The Balaban J connectivity index is 1.46. The molecule has 0 radical (unpaired) electrons. The van der Waals surface area contributed by atoms with Gasteiger partial charge in [0.05, 0.1) is 22.9 Å². The van der Waals surface area contributed by atoms with Gasteiger partial charge in [-0.05, 0) is 51.2 Å². The summed E-state index contributed by atoms with van der Waals surface area (Å²) in [6, 6.07) is 9.28. The molecule has 2 aromatic rings.